The van der Waals surface area contributed by atoms with Crippen LogP contribution in [0.3, 0.4) is 0 Å². The first-order valence-corrected chi connectivity index (χ1v) is 8.06. The summed E-state index contributed by atoms with van der Waals surface area (Å²) >= 11 is 0. The molecule has 0 saturated carbocycles. The third kappa shape index (κ3) is 5.11. The first-order chi connectivity index (χ1) is 10.6. The van der Waals surface area contributed by atoms with Crippen molar-refractivity contribution in [3.05, 3.63) is 35.4 Å². The van der Waals surface area contributed by atoms with Crippen molar-refractivity contribution in [2.45, 2.75) is 58.3 Å². The van der Waals surface area contributed by atoms with Crippen molar-refractivity contribution in [2.24, 2.45) is 0 Å². The van der Waals surface area contributed by atoms with E-state index in [1.807, 2.05) is 0 Å². The first kappa shape index (κ1) is 17.0. The topological polar surface area (TPSA) is 44.8 Å². The van der Waals surface area contributed by atoms with Gasteiger partial charge in [0.25, 0.3) is 0 Å². The summed E-state index contributed by atoms with van der Waals surface area (Å²) in [4.78, 5) is 10.7. The normalized spacial score (nSPS) is 21.3. The summed E-state index contributed by atoms with van der Waals surface area (Å²) in [7, 11) is 0. The lowest BCUT2D eigenvalue weighted by atomic mass is 10.0. The number of carbonyl (C=O) groups excluding carboxylic acids is 1. The van der Waals surface area contributed by atoms with E-state index in [1.165, 1.54) is 12.5 Å². The van der Waals surface area contributed by atoms with Gasteiger partial charge in [-0.2, -0.15) is 0 Å². The van der Waals surface area contributed by atoms with Crippen LogP contribution in [0, 0.1) is 0 Å². The molecule has 1 aromatic rings. The van der Waals surface area contributed by atoms with E-state index in [9.17, 15) is 4.79 Å². The second kappa shape index (κ2) is 8.30. The van der Waals surface area contributed by atoms with Crippen molar-refractivity contribution in [1.29, 1.82) is 0 Å². The number of hydrogen-bond donors (Lipinski definition) is 0. The van der Waals surface area contributed by atoms with Gasteiger partial charge in [-0.15, -0.1) is 0 Å². The Morgan fingerprint density at radius 3 is 2.64 bits per heavy atom. The molecule has 1 aliphatic heterocycles. The van der Waals surface area contributed by atoms with Crippen LogP contribution < -0.4 is 0 Å². The fraction of sp³-hybridized carbons (Fsp3) is 0.611. The Balaban J connectivity index is 1.72. The van der Waals surface area contributed by atoms with Gasteiger partial charge in [0.2, 0.25) is 0 Å². The summed E-state index contributed by atoms with van der Waals surface area (Å²) in [5.74, 6) is 0.315. The lowest BCUT2D eigenvalue weighted by Crippen LogP contribution is -2.10. The van der Waals surface area contributed by atoms with Crippen LogP contribution >= 0.6 is 0 Å². The van der Waals surface area contributed by atoms with Gasteiger partial charge in [-0.3, -0.25) is 4.79 Å². The van der Waals surface area contributed by atoms with E-state index in [1.54, 1.807) is 0 Å². The number of hydrogen-bond acceptors (Lipinski definition) is 4. The molecule has 0 spiro atoms. The molecular weight excluding hydrogens is 280 g/mol. The van der Waals surface area contributed by atoms with E-state index >= 15 is 0 Å². The van der Waals surface area contributed by atoms with Crippen molar-refractivity contribution in [3.63, 3.8) is 0 Å². The SMILES string of the molecule is CC(=O)OCCCC[C@H]1CO[C@@H](c2ccc(C(C)C)cc2)O1. The maximum Gasteiger partial charge on any atom is 0.302 e. The van der Waals surface area contributed by atoms with Gasteiger partial charge in [0.1, 0.15) is 0 Å². The third-order valence-electron chi connectivity index (χ3n) is 3.85. The Kier molecular flexibility index (Phi) is 6.40. The van der Waals surface area contributed by atoms with Gasteiger partial charge in [-0.25, -0.2) is 0 Å². The smallest absolute Gasteiger partial charge is 0.302 e. The summed E-state index contributed by atoms with van der Waals surface area (Å²) in [5, 5.41) is 0. The second-order valence-electron chi connectivity index (χ2n) is 6.08. The minimum Gasteiger partial charge on any atom is -0.466 e. The van der Waals surface area contributed by atoms with Gasteiger partial charge in [0.05, 0.1) is 19.3 Å². The van der Waals surface area contributed by atoms with Crippen LogP contribution in [0.1, 0.15) is 63.4 Å². The molecule has 1 aromatic carbocycles. The summed E-state index contributed by atoms with van der Waals surface area (Å²) in [6, 6.07) is 8.45. The summed E-state index contributed by atoms with van der Waals surface area (Å²) < 4.78 is 16.6. The van der Waals surface area contributed by atoms with Gasteiger partial charge in [-0.05, 0) is 30.7 Å². The van der Waals surface area contributed by atoms with E-state index in [0.717, 1.165) is 24.8 Å². The molecule has 0 aromatic heterocycles. The maximum atomic E-state index is 10.7. The van der Waals surface area contributed by atoms with Crippen molar-refractivity contribution < 1.29 is 19.0 Å². The quantitative estimate of drug-likeness (QED) is 0.565. The predicted octanol–water partition coefficient (Wildman–Crippen LogP) is 3.96. The van der Waals surface area contributed by atoms with E-state index in [2.05, 4.69) is 38.1 Å². The highest BCUT2D eigenvalue weighted by atomic mass is 16.7. The Morgan fingerprint density at radius 1 is 1.27 bits per heavy atom. The van der Waals surface area contributed by atoms with E-state index in [0.29, 0.717) is 19.1 Å². The molecule has 1 heterocycles. The van der Waals surface area contributed by atoms with Crippen molar-refractivity contribution in [1.82, 2.24) is 0 Å². The molecule has 1 aliphatic rings. The lowest BCUT2D eigenvalue weighted by molar-refractivity contribution is -0.141. The van der Waals surface area contributed by atoms with Crippen LogP contribution in [0.25, 0.3) is 0 Å². The summed E-state index contributed by atoms with van der Waals surface area (Å²) in [6.07, 6.45) is 2.65. The summed E-state index contributed by atoms with van der Waals surface area (Å²) in [6.45, 7) is 6.92. The fourth-order valence-corrected chi connectivity index (χ4v) is 2.50. The van der Waals surface area contributed by atoms with Gasteiger partial charge < -0.3 is 14.2 Å². The zero-order valence-corrected chi connectivity index (χ0v) is 13.7. The van der Waals surface area contributed by atoms with Gasteiger partial charge in [0, 0.05) is 12.5 Å². The minimum absolute atomic E-state index is 0.132. The molecule has 0 unspecified atom stereocenters. The molecule has 2 atom stereocenters. The van der Waals surface area contributed by atoms with Crippen LogP contribution in [0.2, 0.25) is 0 Å². The average molecular weight is 306 g/mol. The molecule has 0 N–H and O–H groups in total. The average Bonchev–Trinajstić information content (AvgIpc) is 2.95. The van der Waals surface area contributed by atoms with Crippen LogP contribution in [-0.2, 0) is 19.0 Å². The number of ether oxygens (including phenoxy) is 3. The maximum absolute atomic E-state index is 10.7. The van der Waals surface area contributed by atoms with E-state index in [4.69, 9.17) is 14.2 Å². The second-order valence-corrected chi connectivity index (χ2v) is 6.08. The van der Waals surface area contributed by atoms with Crippen LogP contribution in [0.15, 0.2) is 24.3 Å². The van der Waals surface area contributed by atoms with Crippen LogP contribution in [0.4, 0.5) is 0 Å². The number of unbranched alkanes of at least 4 members (excludes halogenated alkanes) is 1. The Labute approximate surface area is 132 Å². The van der Waals surface area contributed by atoms with Crippen LogP contribution in [-0.4, -0.2) is 25.3 Å². The zero-order chi connectivity index (χ0) is 15.9. The molecule has 0 amide bonds. The predicted molar refractivity (Wildman–Crippen MR) is 84.6 cm³/mol. The highest BCUT2D eigenvalue weighted by Gasteiger charge is 2.26. The largest absolute Gasteiger partial charge is 0.466 e. The standard InChI is InChI=1S/C18H26O4/c1-13(2)15-7-9-16(10-8-15)18-21-12-17(22-18)6-4-5-11-20-14(3)19/h7-10,13,17-18H,4-6,11-12H2,1-3H3/t17-,18+/m0/s1. The molecule has 122 valence electrons. The Bertz CT molecular complexity index is 466. The van der Waals surface area contributed by atoms with Crippen LogP contribution in [0.5, 0.6) is 0 Å². The van der Waals surface area contributed by atoms with Gasteiger partial charge in [0.15, 0.2) is 6.29 Å². The minimum atomic E-state index is -0.250. The number of esters is 1. The zero-order valence-electron chi connectivity index (χ0n) is 13.7. The van der Waals surface area contributed by atoms with Crippen molar-refractivity contribution in [2.75, 3.05) is 13.2 Å². The molecule has 4 nitrogen and oxygen atoms in total. The molecule has 2 rings (SSSR count). The van der Waals surface area contributed by atoms with E-state index < -0.39 is 0 Å². The number of carbonyl (C=O) groups is 1. The third-order valence-corrected chi connectivity index (χ3v) is 3.85. The fourth-order valence-electron chi connectivity index (χ4n) is 2.50. The molecule has 1 fully saturated rings. The monoisotopic (exact) mass is 306 g/mol. The summed E-state index contributed by atoms with van der Waals surface area (Å²) in [5.41, 5.74) is 2.40. The molecule has 0 aliphatic carbocycles. The molecule has 0 radical (unpaired) electrons. The van der Waals surface area contributed by atoms with Crippen molar-refractivity contribution in [3.8, 4) is 0 Å². The Morgan fingerprint density at radius 2 is 2.00 bits per heavy atom. The molecule has 1 saturated heterocycles. The van der Waals surface area contributed by atoms with Gasteiger partial charge >= 0.3 is 5.97 Å². The number of rotatable bonds is 7. The first-order valence-electron chi connectivity index (χ1n) is 8.06. The highest BCUT2D eigenvalue weighted by molar-refractivity contribution is 5.65. The lowest BCUT2D eigenvalue weighted by Gasteiger charge is -2.13. The van der Waals surface area contributed by atoms with E-state index in [-0.39, 0.29) is 18.4 Å². The molecule has 0 bridgehead atoms. The molecular formula is C18H26O4. The molecule has 22 heavy (non-hydrogen) atoms. The highest BCUT2D eigenvalue weighted by Crippen LogP contribution is 2.29. The van der Waals surface area contributed by atoms with Gasteiger partial charge in [-0.1, -0.05) is 38.1 Å². The Hall–Kier alpha value is -1.39. The number of benzene rings is 1. The van der Waals surface area contributed by atoms with Crippen molar-refractivity contribution >= 4 is 5.97 Å². The molecule has 4 heteroatoms.